The average Bonchev–Trinajstić information content (AvgIpc) is 2.54. The molecule has 1 unspecified atom stereocenters. The second-order valence-electron chi connectivity index (χ2n) is 5.19. The molecule has 23 heavy (non-hydrogen) atoms. The Balaban J connectivity index is 2.10. The number of hydrogen-bond acceptors (Lipinski definition) is 4. The van der Waals surface area contributed by atoms with E-state index in [0.29, 0.717) is 12.1 Å². The van der Waals surface area contributed by atoms with Gasteiger partial charge in [0.2, 0.25) is 5.43 Å². The van der Waals surface area contributed by atoms with Crippen LogP contribution in [-0.2, 0) is 15.5 Å². The average molecular weight is 337 g/mol. The van der Waals surface area contributed by atoms with Crippen molar-refractivity contribution in [3.05, 3.63) is 58.0 Å². The van der Waals surface area contributed by atoms with E-state index in [1.165, 1.54) is 6.07 Å². The summed E-state index contributed by atoms with van der Waals surface area (Å²) in [5.41, 5.74) is 1.84. The summed E-state index contributed by atoms with van der Waals surface area (Å²) in [4.78, 5) is 20.7. The van der Waals surface area contributed by atoms with E-state index in [2.05, 4.69) is 0 Å². The molecule has 7 heteroatoms. The van der Waals surface area contributed by atoms with E-state index < -0.39 is 13.0 Å². The standard InChI is InChI=1S/C16H20NO5P/c1-3-23(20,21)22-11-9-13-4-6-14(7-5-13)17-10-8-15(18)16(19)12(17)2/h4-8,10,19H,3,9,11H2,1-2H3,(H,20,21). The highest BCUT2D eigenvalue weighted by molar-refractivity contribution is 7.52. The van der Waals surface area contributed by atoms with E-state index in [9.17, 15) is 19.4 Å². The fraction of sp³-hybridized carbons (Fsp3) is 0.312. The van der Waals surface area contributed by atoms with Crippen LogP contribution < -0.4 is 5.43 Å². The Morgan fingerprint density at radius 1 is 1.22 bits per heavy atom. The molecule has 124 valence electrons. The summed E-state index contributed by atoms with van der Waals surface area (Å²) in [7, 11) is -3.45. The van der Waals surface area contributed by atoms with Crippen LogP contribution in [0, 0.1) is 6.92 Å². The zero-order valence-electron chi connectivity index (χ0n) is 13.1. The van der Waals surface area contributed by atoms with Crippen molar-refractivity contribution < 1.29 is 19.1 Å². The molecule has 0 spiro atoms. The third-order valence-corrected chi connectivity index (χ3v) is 5.00. The smallest absolute Gasteiger partial charge is 0.327 e. The topological polar surface area (TPSA) is 88.8 Å². The summed E-state index contributed by atoms with van der Waals surface area (Å²) in [5.74, 6) is -0.261. The van der Waals surface area contributed by atoms with Crippen LogP contribution in [0.5, 0.6) is 5.75 Å². The molecule has 1 atom stereocenters. The van der Waals surface area contributed by atoms with Crippen LogP contribution in [0.2, 0.25) is 0 Å². The second kappa shape index (κ2) is 7.13. The SMILES string of the molecule is CCP(=O)(O)OCCc1ccc(-n2ccc(=O)c(O)c2C)cc1. The molecule has 0 radical (unpaired) electrons. The third kappa shape index (κ3) is 4.32. The lowest BCUT2D eigenvalue weighted by atomic mass is 10.1. The van der Waals surface area contributed by atoms with Gasteiger partial charge in [-0.2, -0.15) is 0 Å². The monoisotopic (exact) mass is 337 g/mol. The molecule has 1 aromatic carbocycles. The molecule has 0 aliphatic carbocycles. The Morgan fingerprint density at radius 2 is 1.87 bits per heavy atom. The van der Waals surface area contributed by atoms with Crippen LogP contribution in [0.3, 0.4) is 0 Å². The molecular weight excluding hydrogens is 317 g/mol. The number of rotatable bonds is 6. The summed E-state index contributed by atoms with van der Waals surface area (Å²) in [6, 6.07) is 8.77. The highest BCUT2D eigenvalue weighted by Crippen LogP contribution is 2.40. The number of nitrogens with zero attached hydrogens (tertiary/aromatic N) is 1. The molecule has 2 aromatic rings. The van der Waals surface area contributed by atoms with Gasteiger partial charge in [-0.1, -0.05) is 19.1 Å². The van der Waals surface area contributed by atoms with Gasteiger partial charge in [-0.05, 0) is 31.0 Å². The van der Waals surface area contributed by atoms with Crippen LogP contribution in [0.4, 0.5) is 0 Å². The van der Waals surface area contributed by atoms with Gasteiger partial charge in [0, 0.05) is 24.1 Å². The second-order valence-corrected chi connectivity index (χ2v) is 7.35. The van der Waals surface area contributed by atoms with Crippen molar-refractivity contribution in [2.24, 2.45) is 0 Å². The predicted octanol–water partition coefficient (Wildman–Crippen LogP) is 2.62. The molecule has 0 saturated heterocycles. The van der Waals surface area contributed by atoms with Gasteiger partial charge in [0.15, 0.2) is 5.75 Å². The van der Waals surface area contributed by atoms with E-state index in [0.717, 1.165) is 11.3 Å². The minimum atomic E-state index is -3.45. The Hall–Kier alpha value is -1.88. The number of benzene rings is 1. The van der Waals surface area contributed by atoms with Gasteiger partial charge in [-0.25, -0.2) is 0 Å². The zero-order chi connectivity index (χ0) is 17.0. The Morgan fingerprint density at radius 3 is 2.48 bits per heavy atom. The minimum absolute atomic E-state index is 0.0983. The fourth-order valence-electron chi connectivity index (χ4n) is 2.13. The van der Waals surface area contributed by atoms with Crippen LogP contribution >= 0.6 is 7.60 Å². The lowest BCUT2D eigenvalue weighted by Gasteiger charge is -2.13. The van der Waals surface area contributed by atoms with Crippen molar-refractivity contribution in [3.8, 4) is 11.4 Å². The Labute approximate surface area is 134 Å². The molecule has 6 nitrogen and oxygen atoms in total. The number of aromatic nitrogens is 1. The van der Waals surface area contributed by atoms with Crippen molar-refractivity contribution in [2.45, 2.75) is 20.3 Å². The van der Waals surface area contributed by atoms with E-state index in [1.807, 2.05) is 24.3 Å². The third-order valence-electron chi connectivity index (χ3n) is 3.61. The van der Waals surface area contributed by atoms with E-state index in [4.69, 9.17) is 4.52 Å². The van der Waals surface area contributed by atoms with E-state index >= 15 is 0 Å². The van der Waals surface area contributed by atoms with Gasteiger partial charge in [0.05, 0.1) is 12.3 Å². The number of pyridine rings is 1. The van der Waals surface area contributed by atoms with Crippen molar-refractivity contribution in [1.82, 2.24) is 4.57 Å². The van der Waals surface area contributed by atoms with E-state index in [-0.39, 0.29) is 18.5 Å². The molecule has 2 rings (SSSR count). The van der Waals surface area contributed by atoms with Crippen molar-refractivity contribution in [2.75, 3.05) is 12.8 Å². The van der Waals surface area contributed by atoms with Gasteiger partial charge in [0.1, 0.15) is 0 Å². The molecule has 0 amide bonds. The molecule has 0 bridgehead atoms. The molecule has 0 aliphatic heterocycles. The Kier molecular flexibility index (Phi) is 5.42. The highest BCUT2D eigenvalue weighted by Gasteiger charge is 2.15. The van der Waals surface area contributed by atoms with Crippen LogP contribution in [0.25, 0.3) is 5.69 Å². The molecule has 0 saturated carbocycles. The maximum Gasteiger partial charge on any atom is 0.327 e. The zero-order valence-corrected chi connectivity index (χ0v) is 14.0. The first-order valence-corrected chi connectivity index (χ1v) is 9.07. The first-order chi connectivity index (χ1) is 10.8. The van der Waals surface area contributed by atoms with Crippen molar-refractivity contribution >= 4 is 7.60 Å². The van der Waals surface area contributed by atoms with Gasteiger partial charge in [-0.3, -0.25) is 9.36 Å². The maximum atomic E-state index is 11.4. The summed E-state index contributed by atoms with van der Waals surface area (Å²) < 4.78 is 18.1. The first kappa shape index (κ1) is 17.5. The van der Waals surface area contributed by atoms with Crippen molar-refractivity contribution in [3.63, 3.8) is 0 Å². The van der Waals surface area contributed by atoms with Gasteiger partial charge in [-0.15, -0.1) is 0 Å². The summed E-state index contributed by atoms with van der Waals surface area (Å²) >= 11 is 0. The molecular formula is C16H20NO5P. The highest BCUT2D eigenvalue weighted by atomic mass is 31.2. The van der Waals surface area contributed by atoms with Crippen molar-refractivity contribution in [1.29, 1.82) is 0 Å². The summed E-state index contributed by atoms with van der Waals surface area (Å²) in [6.45, 7) is 3.46. The molecule has 1 heterocycles. The normalized spacial score (nSPS) is 13.7. The van der Waals surface area contributed by atoms with Gasteiger partial charge < -0.3 is 19.1 Å². The number of hydrogen-bond donors (Lipinski definition) is 2. The fourth-order valence-corrected chi connectivity index (χ4v) is 2.68. The quantitative estimate of drug-likeness (QED) is 0.791. The maximum absolute atomic E-state index is 11.4. The summed E-state index contributed by atoms with van der Waals surface area (Å²) in [6.07, 6.45) is 2.24. The lowest BCUT2D eigenvalue weighted by molar-refractivity contribution is 0.264. The molecule has 0 aliphatic rings. The largest absolute Gasteiger partial charge is 0.503 e. The number of aromatic hydroxyl groups is 1. The Bertz CT molecular complexity index is 782. The molecule has 2 N–H and O–H groups in total. The van der Waals surface area contributed by atoms with E-state index in [1.54, 1.807) is 24.6 Å². The summed E-state index contributed by atoms with van der Waals surface area (Å²) in [5, 5.41) is 9.72. The molecule has 0 fully saturated rings. The predicted molar refractivity (Wildman–Crippen MR) is 88.5 cm³/mol. The van der Waals surface area contributed by atoms with Gasteiger partial charge in [0.25, 0.3) is 0 Å². The lowest BCUT2D eigenvalue weighted by Crippen LogP contribution is -2.08. The van der Waals surface area contributed by atoms with Crippen LogP contribution in [0.1, 0.15) is 18.2 Å². The molecule has 1 aromatic heterocycles. The van der Waals surface area contributed by atoms with Gasteiger partial charge >= 0.3 is 7.60 Å². The first-order valence-electron chi connectivity index (χ1n) is 7.31. The minimum Gasteiger partial charge on any atom is -0.503 e. The van der Waals surface area contributed by atoms with Crippen LogP contribution in [0.15, 0.2) is 41.3 Å². The van der Waals surface area contributed by atoms with Crippen LogP contribution in [-0.4, -0.2) is 27.3 Å².